The van der Waals surface area contributed by atoms with Gasteiger partial charge in [-0.2, -0.15) is 0 Å². The first-order valence-electron chi connectivity index (χ1n) is 10.7. The van der Waals surface area contributed by atoms with Crippen molar-refractivity contribution in [3.63, 3.8) is 0 Å². The fraction of sp³-hybridized carbons (Fsp3) is 0.269. The molecule has 1 saturated heterocycles. The van der Waals surface area contributed by atoms with Gasteiger partial charge in [-0.1, -0.05) is 66.2 Å². The Balaban J connectivity index is 1.35. The normalized spacial score (nSPS) is 14.5. The minimum absolute atomic E-state index is 0.0502. The number of anilines is 1. The van der Waals surface area contributed by atoms with E-state index >= 15 is 0 Å². The van der Waals surface area contributed by atoms with Crippen LogP contribution in [0, 0.1) is 0 Å². The second kappa shape index (κ2) is 9.99. The highest BCUT2D eigenvalue weighted by Gasteiger charge is 2.19. The number of amides is 1. The van der Waals surface area contributed by atoms with Gasteiger partial charge in [-0.3, -0.25) is 9.69 Å². The van der Waals surface area contributed by atoms with Crippen molar-refractivity contribution in [3.8, 4) is 0 Å². The van der Waals surface area contributed by atoms with E-state index in [9.17, 15) is 4.79 Å². The summed E-state index contributed by atoms with van der Waals surface area (Å²) in [7, 11) is 1.86. The van der Waals surface area contributed by atoms with Gasteiger partial charge in [-0.15, -0.1) is 0 Å². The van der Waals surface area contributed by atoms with E-state index in [2.05, 4.69) is 21.9 Å². The Morgan fingerprint density at radius 1 is 0.871 bits per heavy atom. The van der Waals surface area contributed by atoms with Crippen molar-refractivity contribution >= 4 is 23.2 Å². The molecule has 160 valence electrons. The monoisotopic (exact) mass is 433 g/mol. The minimum Gasteiger partial charge on any atom is -0.368 e. The Kier molecular flexibility index (Phi) is 6.90. The molecule has 4 rings (SSSR count). The standard InChI is InChI=1S/C26H28ClN3O/c1-28(19-21-8-3-2-4-9-21)26(31)23-11-7-10-22(18-23)20-29-14-16-30(17-15-29)25-13-6-5-12-24(25)27/h2-13,18H,14-17,19-20H2,1H3. The molecular weight excluding hydrogens is 406 g/mol. The van der Waals surface area contributed by atoms with Gasteiger partial charge in [0.2, 0.25) is 0 Å². The summed E-state index contributed by atoms with van der Waals surface area (Å²) in [5, 5.41) is 0.807. The van der Waals surface area contributed by atoms with Gasteiger partial charge >= 0.3 is 0 Å². The van der Waals surface area contributed by atoms with Crippen molar-refractivity contribution in [1.82, 2.24) is 9.80 Å². The zero-order valence-electron chi connectivity index (χ0n) is 17.9. The average Bonchev–Trinajstić information content (AvgIpc) is 2.80. The van der Waals surface area contributed by atoms with E-state index in [1.165, 1.54) is 5.56 Å². The lowest BCUT2D eigenvalue weighted by molar-refractivity contribution is 0.0785. The molecule has 0 N–H and O–H groups in total. The van der Waals surface area contributed by atoms with E-state index in [4.69, 9.17) is 11.6 Å². The maximum atomic E-state index is 12.9. The molecule has 0 spiro atoms. The topological polar surface area (TPSA) is 26.8 Å². The van der Waals surface area contributed by atoms with Crippen LogP contribution in [0.2, 0.25) is 5.02 Å². The number of halogens is 1. The van der Waals surface area contributed by atoms with Gasteiger partial charge in [0.15, 0.2) is 0 Å². The van der Waals surface area contributed by atoms with E-state index in [1.807, 2.05) is 73.8 Å². The fourth-order valence-corrected chi connectivity index (χ4v) is 4.32. The van der Waals surface area contributed by atoms with Crippen molar-refractivity contribution in [3.05, 3.63) is 101 Å². The number of nitrogens with zero attached hydrogens (tertiary/aromatic N) is 3. The van der Waals surface area contributed by atoms with Crippen LogP contribution in [0.5, 0.6) is 0 Å². The third kappa shape index (κ3) is 5.46. The summed E-state index contributed by atoms with van der Waals surface area (Å²) in [6.45, 7) is 5.28. The zero-order chi connectivity index (χ0) is 21.6. The zero-order valence-corrected chi connectivity index (χ0v) is 18.6. The maximum absolute atomic E-state index is 12.9. The summed E-state index contributed by atoms with van der Waals surface area (Å²) in [5.74, 6) is 0.0502. The quantitative estimate of drug-likeness (QED) is 0.551. The third-order valence-electron chi connectivity index (χ3n) is 5.75. The van der Waals surface area contributed by atoms with Crippen LogP contribution in [-0.4, -0.2) is 48.9 Å². The van der Waals surface area contributed by atoms with E-state index in [1.54, 1.807) is 4.90 Å². The summed E-state index contributed by atoms with van der Waals surface area (Å²) in [5.41, 5.74) is 4.15. The summed E-state index contributed by atoms with van der Waals surface area (Å²) in [4.78, 5) is 19.5. The van der Waals surface area contributed by atoms with Crippen LogP contribution in [0.25, 0.3) is 0 Å². The van der Waals surface area contributed by atoms with Crippen molar-refractivity contribution in [2.24, 2.45) is 0 Å². The first-order valence-corrected chi connectivity index (χ1v) is 11.1. The molecule has 3 aromatic carbocycles. The number of hydrogen-bond acceptors (Lipinski definition) is 3. The molecule has 0 aromatic heterocycles. The summed E-state index contributed by atoms with van der Waals surface area (Å²) >= 11 is 6.36. The second-order valence-corrected chi connectivity index (χ2v) is 8.47. The van der Waals surface area contributed by atoms with Crippen LogP contribution >= 0.6 is 11.6 Å². The van der Waals surface area contributed by atoms with Crippen LogP contribution < -0.4 is 4.90 Å². The van der Waals surface area contributed by atoms with Gasteiger partial charge in [0, 0.05) is 51.9 Å². The summed E-state index contributed by atoms with van der Waals surface area (Å²) in [6.07, 6.45) is 0. The van der Waals surface area contributed by atoms with E-state index < -0.39 is 0 Å². The van der Waals surface area contributed by atoms with Crippen LogP contribution in [0.15, 0.2) is 78.9 Å². The predicted molar refractivity (Wildman–Crippen MR) is 128 cm³/mol. The molecule has 0 radical (unpaired) electrons. The molecule has 0 unspecified atom stereocenters. The Labute approximate surface area is 189 Å². The molecule has 0 saturated carbocycles. The number of benzene rings is 3. The lowest BCUT2D eigenvalue weighted by atomic mass is 10.1. The van der Waals surface area contributed by atoms with Crippen molar-refractivity contribution in [2.45, 2.75) is 13.1 Å². The lowest BCUT2D eigenvalue weighted by Gasteiger charge is -2.36. The van der Waals surface area contributed by atoms with Gasteiger partial charge in [0.1, 0.15) is 0 Å². The Bertz CT molecular complexity index is 1020. The molecule has 1 fully saturated rings. The van der Waals surface area contributed by atoms with Gasteiger partial charge in [0.25, 0.3) is 5.91 Å². The molecule has 1 heterocycles. The molecule has 3 aromatic rings. The van der Waals surface area contributed by atoms with Crippen molar-refractivity contribution < 1.29 is 4.79 Å². The molecule has 5 heteroatoms. The first kappa shape index (κ1) is 21.4. The number of carbonyl (C=O) groups excluding carboxylic acids is 1. The van der Waals surface area contributed by atoms with Crippen LogP contribution in [0.4, 0.5) is 5.69 Å². The van der Waals surface area contributed by atoms with E-state index in [0.29, 0.717) is 6.54 Å². The number of hydrogen-bond donors (Lipinski definition) is 0. The Morgan fingerprint density at radius 3 is 2.29 bits per heavy atom. The van der Waals surface area contributed by atoms with Crippen molar-refractivity contribution in [1.29, 1.82) is 0 Å². The van der Waals surface area contributed by atoms with Gasteiger partial charge in [-0.05, 0) is 35.4 Å². The largest absolute Gasteiger partial charge is 0.368 e. The first-order chi connectivity index (χ1) is 15.1. The Hall–Kier alpha value is -2.82. The smallest absolute Gasteiger partial charge is 0.253 e. The average molecular weight is 434 g/mol. The lowest BCUT2D eigenvalue weighted by Crippen LogP contribution is -2.46. The number of rotatable bonds is 6. The summed E-state index contributed by atoms with van der Waals surface area (Å²) in [6, 6.07) is 26.1. The predicted octanol–water partition coefficient (Wildman–Crippen LogP) is 4.93. The van der Waals surface area contributed by atoms with Gasteiger partial charge in [0.05, 0.1) is 10.7 Å². The second-order valence-electron chi connectivity index (χ2n) is 8.06. The Morgan fingerprint density at radius 2 is 1.55 bits per heavy atom. The number of piperazine rings is 1. The summed E-state index contributed by atoms with van der Waals surface area (Å²) < 4.78 is 0. The van der Waals surface area contributed by atoms with Crippen LogP contribution in [0.3, 0.4) is 0 Å². The molecule has 1 aliphatic rings. The highest BCUT2D eigenvalue weighted by Crippen LogP contribution is 2.26. The molecular formula is C26H28ClN3O. The van der Waals surface area contributed by atoms with Gasteiger partial charge < -0.3 is 9.80 Å². The molecule has 0 aliphatic carbocycles. The molecule has 0 atom stereocenters. The number of carbonyl (C=O) groups is 1. The highest BCUT2D eigenvalue weighted by atomic mass is 35.5. The molecule has 0 bridgehead atoms. The van der Waals surface area contributed by atoms with Gasteiger partial charge in [-0.25, -0.2) is 0 Å². The fourth-order valence-electron chi connectivity index (χ4n) is 4.07. The SMILES string of the molecule is CN(Cc1ccccc1)C(=O)c1cccc(CN2CCN(c3ccccc3Cl)CC2)c1. The van der Waals surface area contributed by atoms with E-state index in [-0.39, 0.29) is 5.91 Å². The molecule has 4 nitrogen and oxygen atoms in total. The van der Waals surface area contributed by atoms with E-state index in [0.717, 1.165) is 54.6 Å². The third-order valence-corrected chi connectivity index (χ3v) is 6.07. The van der Waals surface area contributed by atoms with Crippen molar-refractivity contribution in [2.75, 3.05) is 38.1 Å². The van der Waals surface area contributed by atoms with Crippen LogP contribution in [0.1, 0.15) is 21.5 Å². The molecule has 1 aliphatic heterocycles. The van der Waals surface area contributed by atoms with Crippen LogP contribution in [-0.2, 0) is 13.1 Å². The number of para-hydroxylation sites is 1. The minimum atomic E-state index is 0.0502. The maximum Gasteiger partial charge on any atom is 0.253 e. The highest BCUT2D eigenvalue weighted by molar-refractivity contribution is 6.33. The molecule has 1 amide bonds. The molecule has 31 heavy (non-hydrogen) atoms.